The third-order valence-corrected chi connectivity index (χ3v) is 3.01. The molecule has 92 valence electrons. The molecular weight excluding hydrogens is 204 g/mol. The average molecular weight is 226 g/mol. The standard InChI is InChI=1S/C12H22N2O2/c1-12(2,3)13(4)6-5-11(15)14-7-9-16-10-8-14/h1H,5-10H2,2-4H3. The highest BCUT2D eigenvalue weighted by Gasteiger charge is 2.21. The Bertz CT molecular complexity index is 230. The minimum absolute atomic E-state index is 0.194. The van der Waals surface area contributed by atoms with Gasteiger partial charge in [-0.1, -0.05) is 0 Å². The Hall–Kier alpha value is -0.610. The summed E-state index contributed by atoms with van der Waals surface area (Å²) in [6.45, 7) is 13.2. The van der Waals surface area contributed by atoms with Crippen molar-refractivity contribution in [2.75, 3.05) is 39.9 Å². The Balaban J connectivity index is 2.29. The molecule has 0 atom stereocenters. The molecule has 16 heavy (non-hydrogen) atoms. The predicted octanol–water partition coefficient (Wildman–Crippen LogP) is 0.657. The molecule has 0 N–H and O–H groups in total. The van der Waals surface area contributed by atoms with Crippen molar-refractivity contribution in [1.29, 1.82) is 0 Å². The van der Waals surface area contributed by atoms with Crippen LogP contribution in [0.3, 0.4) is 0 Å². The van der Waals surface area contributed by atoms with Crippen LogP contribution in [0.2, 0.25) is 0 Å². The summed E-state index contributed by atoms with van der Waals surface area (Å²) in [6.07, 6.45) is 0.525. The van der Waals surface area contributed by atoms with Crippen LogP contribution in [0, 0.1) is 6.92 Å². The highest BCUT2D eigenvalue weighted by Crippen LogP contribution is 2.10. The molecule has 1 aliphatic heterocycles. The third kappa shape index (κ3) is 4.10. The van der Waals surface area contributed by atoms with Crippen LogP contribution in [0.4, 0.5) is 0 Å². The monoisotopic (exact) mass is 226 g/mol. The smallest absolute Gasteiger partial charge is 0.224 e. The van der Waals surface area contributed by atoms with Gasteiger partial charge in [-0.15, -0.1) is 0 Å². The van der Waals surface area contributed by atoms with Crippen molar-refractivity contribution in [2.45, 2.75) is 25.8 Å². The van der Waals surface area contributed by atoms with Gasteiger partial charge in [0.15, 0.2) is 0 Å². The number of hydrogen-bond acceptors (Lipinski definition) is 3. The molecule has 0 aliphatic carbocycles. The number of morpholine rings is 1. The average Bonchev–Trinajstić information content (AvgIpc) is 2.25. The quantitative estimate of drug-likeness (QED) is 0.706. The normalized spacial score (nSPS) is 17.9. The second-order valence-corrected chi connectivity index (χ2v) is 4.82. The highest BCUT2D eigenvalue weighted by atomic mass is 16.5. The lowest BCUT2D eigenvalue weighted by Crippen LogP contribution is -2.44. The van der Waals surface area contributed by atoms with Crippen LogP contribution in [-0.4, -0.2) is 61.1 Å². The van der Waals surface area contributed by atoms with Crippen LogP contribution in [0.5, 0.6) is 0 Å². The van der Waals surface area contributed by atoms with Crippen molar-refractivity contribution in [3.8, 4) is 0 Å². The van der Waals surface area contributed by atoms with E-state index in [1.54, 1.807) is 0 Å². The fraction of sp³-hybridized carbons (Fsp3) is 0.833. The summed E-state index contributed by atoms with van der Waals surface area (Å²) in [5, 5.41) is 0. The van der Waals surface area contributed by atoms with Gasteiger partial charge < -0.3 is 14.5 Å². The van der Waals surface area contributed by atoms with Crippen molar-refractivity contribution in [2.24, 2.45) is 0 Å². The molecule has 1 aliphatic rings. The summed E-state index contributed by atoms with van der Waals surface area (Å²) in [5.41, 5.74) is -0.370. The maximum atomic E-state index is 11.8. The molecule has 1 saturated heterocycles. The molecule has 2 radical (unpaired) electrons. The van der Waals surface area contributed by atoms with E-state index < -0.39 is 0 Å². The van der Waals surface area contributed by atoms with Gasteiger partial charge in [0.05, 0.1) is 13.2 Å². The van der Waals surface area contributed by atoms with Gasteiger partial charge >= 0.3 is 0 Å². The third-order valence-electron chi connectivity index (χ3n) is 3.01. The molecule has 0 aromatic rings. The van der Waals surface area contributed by atoms with Gasteiger partial charge in [-0.05, 0) is 27.8 Å². The van der Waals surface area contributed by atoms with Gasteiger partial charge in [0, 0.05) is 31.6 Å². The zero-order valence-electron chi connectivity index (χ0n) is 10.5. The first kappa shape index (κ1) is 13.5. The van der Waals surface area contributed by atoms with Crippen LogP contribution in [0.15, 0.2) is 0 Å². The molecule has 4 nitrogen and oxygen atoms in total. The summed E-state index contributed by atoms with van der Waals surface area (Å²) in [5.74, 6) is 0.194. The molecule has 4 heteroatoms. The lowest BCUT2D eigenvalue weighted by molar-refractivity contribution is -0.135. The van der Waals surface area contributed by atoms with E-state index >= 15 is 0 Å². The summed E-state index contributed by atoms with van der Waals surface area (Å²) in [7, 11) is 1.94. The summed E-state index contributed by atoms with van der Waals surface area (Å²) in [6, 6.07) is 0. The van der Waals surface area contributed by atoms with Crippen molar-refractivity contribution in [1.82, 2.24) is 9.80 Å². The van der Waals surface area contributed by atoms with Crippen molar-refractivity contribution < 1.29 is 9.53 Å². The minimum Gasteiger partial charge on any atom is -0.378 e. The van der Waals surface area contributed by atoms with E-state index in [1.807, 2.05) is 30.7 Å². The second kappa shape index (κ2) is 5.64. The first-order valence-corrected chi connectivity index (χ1v) is 5.77. The number of amides is 1. The molecule has 1 heterocycles. The number of carbonyl (C=O) groups is 1. The van der Waals surface area contributed by atoms with Gasteiger partial charge in [-0.2, -0.15) is 0 Å². The highest BCUT2D eigenvalue weighted by molar-refractivity contribution is 5.76. The van der Waals surface area contributed by atoms with E-state index in [2.05, 4.69) is 0 Å². The Morgan fingerprint density at radius 2 is 2.00 bits per heavy atom. The summed E-state index contributed by atoms with van der Waals surface area (Å²) < 4.78 is 5.21. The summed E-state index contributed by atoms with van der Waals surface area (Å²) in [4.78, 5) is 15.7. The molecule has 1 fully saturated rings. The SMILES string of the molecule is [CH]C(C)(C)N(C)CCC(=O)N1CCOCC1. The number of hydrogen-bond donors (Lipinski definition) is 0. The van der Waals surface area contributed by atoms with Crippen LogP contribution in [-0.2, 0) is 9.53 Å². The van der Waals surface area contributed by atoms with Crippen LogP contribution >= 0.6 is 0 Å². The lowest BCUT2D eigenvalue weighted by atomic mass is 10.1. The molecular formula is C12H22N2O2. The van der Waals surface area contributed by atoms with Gasteiger partial charge in [0.2, 0.25) is 5.91 Å². The Kier molecular flexibility index (Phi) is 4.74. The van der Waals surface area contributed by atoms with E-state index in [0.717, 1.165) is 0 Å². The van der Waals surface area contributed by atoms with E-state index in [9.17, 15) is 4.79 Å². The Morgan fingerprint density at radius 1 is 1.44 bits per heavy atom. The first-order valence-electron chi connectivity index (χ1n) is 5.77. The van der Waals surface area contributed by atoms with E-state index in [-0.39, 0.29) is 11.4 Å². The van der Waals surface area contributed by atoms with Crippen molar-refractivity contribution in [3.63, 3.8) is 0 Å². The topological polar surface area (TPSA) is 32.8 Å². The fourth-order valence-corrected chi connectivity index (χ4v) is 1.52. The molecule has 0 spiro atoms. The molecule has 1 amide bonds. The molecule has 0 bridgehead atoms. The zero-order chi connectivity index (χ0) is 12.2. The van der Waals surface area contributed by atoms with Crippen LogP contribution in [0.25, 0.3) is 0 Å². The fourth-order valence-electron chi connectivity index (χ4n) is 1.52. The Labute approximate surface area is 98.5 Å². The van der Waals surface area contributed by atoms with E-state index in [0.29, 0.717) is 39.3 Å². The lowest BCUT2D eigenvalue weighted by Gasteiger charge is -2.32. The maximum Gasteiger partial charge on any atom is 0.224 e. The first-order chi connectivity index (χ1) is 7.41. The zero-order valence-corrected chi connectivity index (χ0v) is 10.5. The maximum absolute atomic E-state index is 11.8. The van der Waals surface area contributed by atoms with Crippen LogP contribution < -0.4 is 0 Å². The predicted molar refractivity (Wildman–Crippen MR) is 63.0 cm³/mol. The molecule has 0 aromatic carbocycles. The molecule has 0 unspecified atom stereocenters. The van der Waals surface area contributed by atoms with Gasteiger partial charge in [0.1, 0.15) is 0 Å². The van der Waals surface area contributed by atoms with E-state index in [4.69, 9.17) is 11.7 Å². The van der Waals surface area contributed by atoms with Crippen molar-refractivity contribution >= 4 is 5.91 Å². The van der Waals surface area contributed by atoms with Crippen molar-refractivity contribution in [3.05, 3.63) is 6.92 Å². The number of ether oxygens (including phenoxy) is 1. The van der Waals surface area contributed by atoms with Crippen LogP contribution in [0.1, 0.15) is 20.3 Å². The molecule has 0 saturated carbocycles. The minimum atomic E-state index is -0.370. The number of carbonyl (C=O) groups excluding carboxylic acids is 1. The number of nitrogens with zero attached hydrogens (tertiary/aromatic N) is 2. The molecule has 1 rings (SSSR count). The summed E-state index contributed by atoms with van der Waals surface area (Å²) >= 11 is 0. The largest absolute Gasteiger partial charge is 0.378 e. The van der Waals surface area contributed by atoms with Gasteiger partial charge in [-0.25, -0.2) is 0 Å². The van der Waals surface area contributed by atoms with Gasteiger partial charge in [-0.3, -0.25) is 4.79 Å². The Morgan fingerprint density at radius 3 is 2.50 bits per heavy atom. The number of rotatable bonds is 4. The van der Waals surface area contributed by atoms with Gasteiger partial charge in [0.25, 0.3) is 0 Å². The van der Waals surface area contributed by atoms with E-state index in [1.165, 1.54) is 0 Å². The molecule has 0 aromatic heterocycles. The second-order valence-electron chi connectivity index (χ2n) is 4.82.